The molecule has 344 valence electrons. The third-order valence-corrected chi connectivity index (χ3v) is 11.2. The highest BCUT2D eigenvalue weighted by Gasteiger charge is 2.26. The molecule has 0 amide bonds. The summed E-state index contributed by atoms with van der Waals surface area (Å²) in [5.74, 6) is -0.858. The molecular weight excluding hydrogens is 762 g/mol. The fraction of sp³-hybridized carbons (Fsp3) is 0.796. The average Bonchev–Trinajstić information content (AvgIpc) is 3.22. The van der Waals surface area contributed by atoms with Gasteiger partial charge in [-0.1, -0.05) is 197 Å². The van der Waals surface area contributed by atoms with Crippen molar-refractivity contribution in [2.45, 2.75) is 225 Å². The average molecular weight is 852 g/mol. The number of nitrogens with two attached hydrogens (primary N) is 1. The van der Waals surface area contributed by atoms with Gasteiger partial charge in [-0.3, -0.25) is 18.6 Å². The van der Waals surface area contributed by atoms with Gasteiger partial charge in [-0.25, -0.2) is 4.57 Å². The Kier molecular flexibility index (Phi) is 43.9. The van der Waals surface area contributed by atoms with Crippen molar-refractivity contribution in [1.29, 1.82) is 0 Å². The molecule has 0 aliphatic carbocycles. The summed E-state index contributed by atoms with van der Waals surface area (Å²) in [5.41, 5.74) is 5.36. The first-order valence-corrected chi connectivity index (χ1v) is 25.6. The molecule has 3 N–H and O–H groups in total. The van der Waals surface area contributed by atoms with Crippen LogP contribution in [-0.4, -0.2) is 49.3 Å². The second kappa shape index (κ2) is 45.5. The predicted octanol–water partition coefficient (Wildman–Crippen LogP) is 14.3. The van der Waals surface area contributed by atoms with E-state index < -0.39 is 32.5 Å². The summed E-state index contributed by atoms with van der Waals surface area (Å²) in [7, 11) is -4.39. The zero-order chi connectivity index (χ0) is 43.2. The van der Waals surface area contributed by atoms with Crippen molar-refractivity contribution < 1.29 is 37.6 Å². The molecule has 0 aromatic rings. The van der Waals surface area contributed by atoms with E-state index in [0.717, 1.165) is 51.4 Å². The van der Waals surface area contributed by atoms with E-state index in [1.807, 2.05) is 0 Å². The second-order valence-electron chi connectivity index (χ2n) is 16.0. The number of carbonyl (C=O) groups is 2. The zero-order valence-electron chi connectivity index (χ0n) is 38.0. The van der Waals surface area contributed by atoms with Crippen LogP contribution in [0.25, 0.3) is 0 Å². The van der Waals surface area contributed by atoms with Crippen LogP contribution in [0.1, 0.15) is 219 Å². The topological polar surface area (TPSA) is 134 Å². The van der Waals surface area contributed by atoms with Gasteiger partial charge in [0.05, 0.1) is 13.2 Å². The lowest BCUT2D eigenvalue weighted by molar-refractivity contribution is -0.161. The molecule has 0 saturated heterocycles. The number of phosphoric ester groups is 1. The van der Waals surface area contributed by atoms with E-state index in [2.05, 4.69) is 62.5 Å². The molecule has 10 heteroatoms. The maximum absolute atomic E-state index is 12.6. The SMILES string of the molecule is CCCCC/C=C\C/C=C\C/C=C\C/C=C\CCCCCC(=O)OC[C@H](COP(=O)(O)OCCN)OC(=O)CCCCCCCCCCCCCCCCCCCCC. The second-order valence-corrected chi connectivity index (χ2v) is 17.4. The number of unbranched alkanes of at least 4 members (excludes halogenated alkanes) is 24. The molecule has 1 unspecified atom stereocenters. The molecule has 2 atom stereocenters. The first-order chi connectivity index (χ1) is 28.8. The number of hydrogen-bond donors (Lipinski definition) is 2. The molecule has 0 rings (SSSR count). The number of esters is 2. The smallest absolute Gasteiger partial charge is 0.462 e. The van der Waals surface area contributed by atoms with Gasteiger partial charge in [-0.2, -0.15) is 0 Å². The number of carbonyl (C=O) groups excluding carboxylic acids is 2. The summed E-state index contributed by atoms with van der Waals surface area (Å²) in [6.07, 6.45) is 52.8. The monoisotopic (exact) mass is 852 g/mol. The van der Waals surface area contributed by atoms with E-state index >= 15 is 0 Å². The van der Waals surface area contributed by atoms with Gasteiger partial charge in [0.2, 0.25) is 0 Å². The molecule has 0 aliphatic heterocycles. The summed E-state index contributed by atoms with van der Waals surface area (Å²) < 4.78 is 32.8. The van der Waals surface area contributed by atoms with E-state index in [0.29, 0.717) is 12.8 Å². The zero-order valence-corrected chi connectivity index (χ0v) is 38.9. The fourth-order valence-electron chi connectivity index (χ4n) is 6.62. The Hall–Kier alpha value is -2.03. The number of allylic oxidation sites excluding steroid dienone is 8. The lowest BCUT2D eigenvalue weighted by Gasteiger charge is -2.19. The van der Waals surface area contributed by atoms with Gasteiger partial charge >= 0.3 is 19.8 Å². The summed E-state index contributed by atoms with van der Waals surface area (Å²) in [5, 5.41) is 0. The van der Waals surface area contributed by atoms with Gasteiger partial charge in [0.1, 0.15) is 6.61 Å². The Morgan fingerprint density at radius 1 is 0.508 bits per heavy atom. The van der Waals surface area contributed by atoms with Crippen molar-refractivity contribution in [3.63, 3.8) is 0 Å². The Labute approximate surface area is 362 Å². The molecule has 0 radical (unpaired) electrons. The largest absolute Gasteiger partial charge is 0.472 e. The molecule has 59 heavy (non-hydrogen) atoms. The van der Waals surface area contributed by atoms with Crippen LogP contribution in [0.2, 0.25) is 0 Å². The van der Waals surface area contributed by atoms with Crippen molar-refractivity contribution in [2.75, 3.05) is 26.4 Å². The lowest BCUT2D eigenvalue weighted by atomic mass is 10.0. The molecule has 0 aromatic carbocycles. The van der Waals surface area contributed by atoms with Gasteiger partial charge in [0.25, 0.3) is 0 Å². The van der Waals surface area contributed by atoms with Crippen LogP contribution in [0, 0.1) is 0 Å². The van der Waals surface area contributed by atoms with Gasteiger partial charge in [-0.15, -0.1) is 0 Å². The predicted molar refractivity (Wildman–Crippen MR) is 247 cm³/mol. The van der Waals surface area contributed by atoms with Crippen LogP contribution in [0.15, 0.2) is 48.6 Å². The van der Waals surface area contributed by atoms with E-state index in [-0.39, 0.29) is 32.6 Å². The Morgan fingerprint density at radius 3 is 1.34 bits per heavy atom. The summed E-state index contributed by atoms with van der Waals surface area (Å²) in [4.78, 5) is 35.0. The van der Waals surface area contributed by atoms with Gasteiger partial charge in [0, 0.05) is 19.4 Å². The van der Waals surface area contributed by atoms with Crippen LogP contribution in [-0.2, 0) is 32.7 Å². The third-order valence-electron chi connectivity index (χ3n) is 10.2. The van der Waals surface area contributed by atoms with Crippen molar-refractivity contribution in [1.82, 2.24) is 0 Å². The Morgan fingerprint density at radius 2 is 0.881 bits per heavy atom. The van der Waals surface area contributed by atoms with Crippen molar-refractivity contribution >= 4 is 19.8 Å². The van der Waals surface area contributed by atoms with Gasteiger partial charge in [0.15, 0.2) is 6.10 Å². The summed E-state index contributed by atoms with van der Waals surface area (Å²) >= 11 is 0. The number of hydrogen-bond acceptors (Lipinski definition) is 8. The van der Waals surface area contributed by atoms with Gasteiger partial charge < -0.3 is 20.1 Å². The Bertz CT molecular complexity index is 1110. The highest BCUT2D eigenvalue weighted by Crippen LogP contribution is 2.43. The molecule has 0 spiro atoms. The van der Waals surface area contributed by atoms with E-state index in [4.69, 9.17) is 24.3 Å². The Balaban J connectivity index is 4.14. The molecular formula is C49H90NO8P. The van der Waals surface area contributed by atoms with Crippen LogP contribution in [0.3, 0.4) is 0 Å². The minimum atomic E-state index is -4.39. The molecule has 0 aromatic heterocycles. The van der Waals surface area contributed by atoms with Crippen LogP contribution in [0.5, 0.6) is 0 Å². The van der Waals surface area contributed by atoms with E-state index in [1.165, 1.54) is 128 Å². The standard InChI is InChI=1S/C49H90NO8P/c1-3-5-7-9-11-13-15-17-19-21-23-25-27-29-31-33-35-37-39-41-48(51)55-45-47(46-57-59(53,54)56-44-43-50)58-49(52)42-40-38-36-34-32-30-28-26-24-22-20-18-16-14-12-10-8-6-4-2/h11,13,17,19,23,25,29,31,47H,3-10,12,14-16,18,20-22,24,26-28,30,32-46,50H2,1-2H3,(H,53,54)/b13-11-,19-17-,25-23-,31-29-/t47-/m1/s1. The van der Waals surface area contributed by atoms with Gasteiger partial charge in [-0.05, 0) is 57.8 Å². The van der Waals surface area contributed by atoms with Crippen LogP contribution in [0.4, 0.5) is 0 Å². The minimum Gasteiger partial charge on any atom is -0.462 e. The third kappa shape index (κ3) is 45.3. The molecule has 9 nitrogen and oxygen atoms in total. The first-order valence-electron chi connectivity index (χ1n) is 24.1. The van der Waals surface area contributed by atoms with E-state index in [9.17, 15) is 19.0 Å². The number of ether oxygens (including phenoxy) is 2. The highest BCUT2D eigenvalue weighted by atomic mass is 31.2. The summed E-state index contributed by atoms with van der Waals surface area (Å²) in [6.45, 7) is 3.69. The highest BCUT2D eigenvalue weighted by molar-refractivity contribution is 7.47. The lowest BCUT2D eigenvalue weighted by Crippen LogP contribution is -2.29. The molecule has 0 saturated carbocycles. The van der Waals surface area contributed by atoms with Crippen LogP contribution < -0.4 is 5.73 Å². The normalized spacial score (nSPS) is 13.6. The molecule has 0 fully saturated rings. The minimum absolute atomic E-state index is 0.0485. The number of rotatable bonds is 45. The maximum atomic E-state index is 12.6. The molecule has 0 bridgehead atoms. The maximum Gasteiger partial charge on any atom is 0.472 e. The van der Waals surface area contributed by atoms with Crippen molar-refractivity contribution in [3.8, 4) is 0 Å². The van der Waals surface area contributed by atoms with Crippen molar-refractivity contribution in [3.05, 3.63) is 48.6 Å². The first kappa shape index (κ1) is 57.0. The van der Waals surface area contributed by atoms with Crippen LogP contribution >= 0.6 is 7.82 Å². The fourth-order valence-corrected chi connectivity index (χ4v) is 7.38. The number of phosphoric acid groups is 1. The van der Waals surface area contributed by atoms with E-state index in [1.54, 1.807) is 0 Å². The molecule has 0 aliphatic rings. The van der Waals surface area contributed by atoms with Crippen molar-refractivity contribution in [2.24, 2.45) is 5.73 Å². The summed E-state index contributed by atoms with van der Waals surface area (Å²) in [6, 6.07) is 0. The quantitative estimate of drug-likeness (QED) is 0.0266. The molecule has 0 heterocycles.